The van der Waals surface area contributed by atoms with Gasteiger partial charge in [0, 0.05) is 33.2 Å². The van der Waals surface area contributed by atoms with Crippen molar-refractivity contribution in [1.29, 1.82) is 0 Å². The minimum atomic E-state index is 0.209. The number of hydrogen-bond acceptors (Lipinski definition) is 7. The zero-order valence-electron chi connectivity index (χ0n) is 12.2. The van der Waals surface area contributed by atoms with Gasteiger partial charge in [-0.05, 0) is 13.0 Å². The molecule has 0 unspecified atom stereocenters. The summed E-state index contributed by atoms with van der Waals surface area (Å²) >= 11 is 0. The van der Waals surface area contributed by atoms with Crippen molar-refractivity contribution >= 4 is 11.6 Å². The molecule has 112 valence electrons. The Hall–Kier alpha value is -1.60. The number of ether oxygens (including phenoxy) is 1. The summed E-state index contributed by atoms with van der Waals surface area (Å²) in [6.07, 6.45) is 2.60. The second kappa shape index (κ2) is 7.25. The van der Waals surface area contributed by atoms with Crippen LogP contribution in [0.3, 0.4) is 0 Å². The number of hydrogen-bond donors (Lipinski definition) is 2. The van der Waals surface area contributed by atoms with Crippen LogP contribution in [0, 0.1) is 0 Å². The molecule has 0 radical (unpaired) electrons. The molecular formula is C13H23N5O2. The maximum absolute atomic E-state index is 9.04. The van der Waals surface area contributed by atoms with Gasteiger partial charge < -0.3 is 20.1 Å². The Morgan fingerprint density at radius 2 is 2.15 bits per heavy atom. The highest BCUT2D eigenvalue weighted by Crippen LogP contribution is 2.31. The van der Waals surface area contributed by atoms with E-state index in [1.165, 1.54) is 0 Å². The lowest BCUT2D eigenvalue weighted by Crippen LogP contribution is -2.33. The number of nitrogens with one attached hydrogen (secondary N) is 1. The summed E-state index contributed by atoms with van der Waals surface area (Å²) < 4.78 is 5.45. The summed E-state index contributed by atoms with van der Waals surface area (Å²) in [6, 6.07) is 0. The molecule has 0 aromatic carbocycles. The highest BCUT2D eigenvalue weighted by molar-refractivity contribution is 5.64. The first-order valence-corrected chi connectivity index (χ1v) is 6.95. The van der Waals surface area contributed by atoms with Gasteiger partial charge in [0.1, 0.15) is 6.33 Å². The van der Waals surface area contributed by atoms with Gasteiger partial charge in [-0.1, -0.05) is 0 Å². The fraction of sp³-hybridized carbons (Fsp3) is 0.692. The smallest absolute Gasteiger partial charge is 0.204 e. The lowest BCUT2D eigenvalue weighted by molar-refractivity contribution is 0.204. The molecule has 1 aliphatic rings. The van der Waals surface area contributed by atoms with E-state index in [9.17, 15) is 0 Å². The summed E-state index contributed by atoms with van der Waals surface area (Å²) in [5.74, 6) is 2.22. The maximum atomic E-state index is 9.04. The second-order valence-electron chi connectivity index (χ2n) is 4.73. The lowest BCUT2D eigenvalue weighted by atomic mass is 10.3. The van der Waals surface area contributed by atoms with Gasteiger partial charge in [-0.25, -0.2) is 9.97 Å². The largest absolute Gasteiger partial charge is 0.490 e. The monoisotopic (exact) mass is 281 g/mol. The van der Waals surface area contributed by atoms with Crippen LogP contribution in [0.4, 0.5) is 11.6 Å². The van der Waals surface area contributed by atoms with Crippen LogP contribution in [0.25, 0.3) is 0 Å². The number of β-amino-alcohol motifs (C(OH)–C–C–N with tert-alkyl or cyclic N) is 1. The van der Waals surface area contributed by atoms with Crippen LogP contribution in [0.5, 0.6) is 5.75 Å². The van der Waals surface area contributed by atoms with Gasteiger partial charge in [0.05, 0.1) is 13.7 Å². The highest BCUT2D eigenvalue weighted by atomic mass is 16.5. The minimum Gasteiger partial charge on any atom is -0.490 e. The third kappa shape index (κ3) is 3.29. The number of anilines is 2. The SMILES string of the molecule is CNc1ncnc(N2CCCN(CCO)CC2)c1OC. The van der Waals surface area contributed by atoms with Gasteiger partial charge in [-0.2, -0.15) is 0 Å². The Morgan fingerprint density at radius 3 is 2.85 bits per heavy atom. The summed E-state index contributed by atoms with van der Waals surface area (Å²) in [7, 11) is 3.46. The van der Waals surface area contributed by atoms with Crippen molar-refractivity contribution in [3.63, 3.8) is 0 Å². The molecule has 20 heavy (non-hydrogen) atoms. The fourth-order valence-electron chi connectivity index (χ4n) is 2.50. The van der Waals surface area contributed by atoms with Gasteiger partial charge in [-0.15, -0.1) is 0 Å². The van der Waals surface area contributed by atoms with Crippen LogP contribution in [0.15, 0.2) is 6.33 Å². The average Bonchev–Trinajstić information content (AvgIpc) is 2.72. The predicted molar refractivity (Wildman–Crippen MR) is 78.5 cm³/mol. The lowest BCUT2D eigenvalue weighted by Gasteiger charge is -2.24. The van der Waals surface area contributed by atoms with Crippen molar-refractivity contribution < 1.29 is 9.84 Å². The third-order valence-electron chi connectivity index (χ3n) is 3.53. The van der Waals surface area contributed by atoms with E-state index in [0.717, 1.165) is 45.0 Å². The molecule has 0 aliphatic carbocycles. The Kier molecular flexibility index (Phi) is 5.37. The summed E-state index contributed by atoms with van der Waals surface area (Å²) in [4.78, 5) is 13.0. The molecule has 0 spiro atoms. The molecule has 2 N–H and O–H groups in total. The average molecular weight is 281 g/mol. The van der Waals surface area contributed by atoms with Crippen molar-refractivity contribution in [3.8, 4) is 5.75 Å². The van der Waals surface area contributed by atoms with Crippen molar-refractivity contribution in [1.82, 2.24) is 14.9 Å². The normalized spacial score (nSPS) is 16.9. The summed E-state index contributed by atoms with van der Waals surface area (Å²) in [5.41, 5.74) is 0. The van der Waals surface area contributed by atoms with Gasteiger partial charge in [0.25, 0.3) is 0 Å². The molecule has 0 bridgehead atoms. The number of rotatable bonds is 5. The van der Waals surface area contributed by atoms with Crippen molar-refractivity contribution in [3.05, 3.63) is 6.33 Å². The van der Waals surface area contributed by atoms with E-state index in [1.54, 1.807) is 13.4 Å². The van der Waals surface area contributed by atoms with Crippen LogP contribution >= 0.6 is 0 Å². The summed E-state index contributed by atoms with van der Waals surface area (Å²) in [6.45, 7) is 4.66. The maximum Gasteiger partial charge on any atom is 0.204 e. The molecule has 0 atom stereocenters. The van der Waals surface area contributed by atoms with E-state index < -0.39 is 0 Å². The fourth-order valence-corrected chi connectivity index (χ4v) is 2.50. The van der Waals surface area contributed by atoms with Crippen molar-refractivity contribution in [2.24, 2.45) is 0 Å². The van der Waals surface area contributed by atoms with E-state index in [4.69, 9.17) is 9.84 Å². The molecule has 7 heteroatoms. The molecule has 1 fully saturated rings. The Morgan fingerprint density at radius 1 is 1.30 bits per heavy atom. The van der Waals surface area contributed by atoms with Gasteiger partial charge in [0.15, 0.2) is 11.6 Å². The third-order valence-corrected chi connectivity index (χ3v) is 3.53. The number of aliphatic hydroxyl groups is 1. The van der Waals surface area contributed by atoms with Crippen LogP contribution < -0.4 is 15.0 Å². The molecule has 0 saturated carbocycles. The Bertz CT molecular complexity index is 429. The number of aromatic nitrogens is 2. The Labute approximate surface area is 119 Å². The predicted octanol–water partition coefficient (Wildman–Crippen LogP) is 0.0313. The van der Waals surface area contributed by atoms with Crippen LogP contribution in [-0.2, 0) is 0 Å². The first kappa shape index (κ1) is 14.8. The molecule has 1 aromatic rings. The van der Waals surface area contributed by atoms with Gasteiger partial charge in [-0.3, -0.25) is 4.90 Å². The standard InChI is InChI=1S/C13H23N5O2/c1-14-12-11(20-2)13(16-10-15-12)18-5-3-4-17(6-7-18)8-9-19/h10,19H,3-9H2,1-2H3,(H,14,15,16). The van der Waals surface area contributed by atoms with E-state index >= 15 is 0 Å². The molecule has 1 saturated heterocycles. The topological polar surface area (TPSA) is 73.8 Å². The quantitative estimate of drug-likeness (QED) is 0.789. The molecule has 2 rings (SSSR count). The van der Waals surface area contributed by atoms with Crippen molar-refractivity contribution in [2.75, 3.05) is 63.7 Å². The highest BCUT2D eigenvalue weighted by Gasteiger charge is 2.20. The molecule has 1 aromatic heterocycles. The molecule has 2 heterocycles. The molecule has 7 nitrogen and oxygen atoms in total. The van der Waals surface area contributed by atoms with E-state index in [1.807, 2.05) is 7.05 Å². The van der Waals surface area contributed by atoms with E-state index in [-0.39, 0.29) is 6.61 Å². The van der Waals surface area contributed by atoms with Crippen LogP contribution in [0.2, 0.25) is 0 Å². The Balaban J connectivity index is 2.15. The molecule has 0 amide bonds. The zero-order chi connectivity index (χ0) is 14.4. The van der Waals surface area contributed by atoms with Gasteiger partial charge >= 0.3 is 0 Å². The number of nitrogens with zero attached hydrogens (tertiary/aromatic N) is 4. The first-order chi connectivity index (χ1) is 9.80. The number of methoxy groups -OCH3 is 1. The number of aliphatic hydroxyl groups excluding tert-OH is 1. The molecule has 1 aliphatic heterocycles. The van der Waals surface area contributed by atoms with E-state index in [0.29, 0.717) is 11.6 Å². The zero-order valence-corrected chi connectivity index (χ0v) is 12.2. The molecular weight excluding hydrogens is 258 g/mol. The summed E-state index contributed by atoms with van der Waals surface area (Å²) in [5, 5.41) is 12.1. The first-order valence-electron chi connectivity index (χ1n) is 6.95. The minimum absolute atomic E-state index is 0.209. The second-order valence-corrected chi connectivity index (χ2v) is 4.73. The van der Waals surface area contributed by atoms with Gasteiger partial charge in [0.2, 0.25) is 5.75 Å². The van der Waals surface area contributed by atoms with Crippen LogP contribution in [0.1, 0.15) is 6.42 Å². The van der Waals surface area contributed by atoms with E-state index in [2.05, 4.69) is 25.1 Å². The van der Waals surface area contributed by atoms with Crippen LogP contribution in [-0.4, -0.2) is 73.5 Å². The van der Waals surface area contributed by atoms with Crippen molar-refractivity contribution in [2.45, 2.75) is 6.42 Å².